The second-order valence-electron chi connectivity index (χ2n) is 6.06. The van der Waals surface area contributed by atoms with E-state index in [1.54, 1.807) is 0 Å². The smallest absolute Gasteiger partial charge is 0.278 e. The van der Waals surface area contributed by atoms with Crippen LogP contribution in [0.25, 0.3) is 0 Å². The molecule has 0 radical (unpaired) electrons. The number of nitrogens with two attached hydrogens (primary N) is 2. The van der Waals surface area contributed by atoms with Gasteiger partial charge in [-0.05, 0) is 0 Å². The van der Waals surface area contributed by atoms with Gasteiger partial charge in [-0.15, -0.1) is 0 Å². The molecule has 12 heteroatoms. The normalized spacial score (nSPS) is 24.8. The van der Waals surface area contributed by atoms with Crippen molar-refractivity contribution in [2.45, 2.75) is 31.0 Å². The summed E-state index contributed by atoms with van der Waals surface area (Å²) in [6.45, 7) is 0.582. The Labute approximate surface area is 155 Å². The second kappa shape index (κ2) is 9.73. The Kier molecular flexibility index (Phi) is 7.65. The number of carbonyl (C=O) groups is 1. The first-order valence-electron chi connectivity index (χ1n) is 8.58. The van der Waals surface area contributed by atoms with Gasteiger partial charge in [0, 0.05) is 37.9 Å². The molecule has 2 heterocycles. The molecule has 9 N–H and O–H groups in total. The summed E-state index contributed by atoms with van der Waals surface area (Å²) in [6, 6.07) is 0. The Bertz CT molecular complexity index is 698. The lowest BCUT2D eigenvalue weighted by atomic mass is 10.1. The summed E-state index contributed by atoms with van der Waals surface area (Å²) in [5.41, 5.74) is 10.2. The van der Waals surface area contributed by atoms with Gasteiger partial charge in [0.1, 0.15) is 18.3 Å². The Morgan fingerprint density at radius 2 is 1.96 bits per heavy atom. The Balaban J connectivity index is 2.36. The number of anilines is 1. The van der Waals surface area contributed by atoms with E-state index < -0.39 is 42.6 Å². The van der Waals surface area contributed by atoms with Crippen molar-refractivity contribution in [3.05, 3.63) is 22.1 Å². The first-order valence-corrected chi connectivity index (χ1v) is 8.58. The molecule has 1 fully saturated rings. The van der Waals surface area contributed by atoms with Crippen LogP contribution in [0.4, 0.5) is 5.95 Å². The highest BCUT2D eigenvalue weighted by Crippen LogP contribution is 2.30. The first kappa shape index (κ1) is 21.2. The molecule has 1 amide bonds. The molecule has 12 nitrogen and oxygen atoms in total. The molecule has 0 aromatic carbocycles. The Hall–Kier alpha value is -2.09. The summed E-state index contributed by atoms with van der Waals surface area (Å²) < 4.78 is 6.80. The summed E-state index contributed by atoms with van der Waals surface area (Å²) >= 11 is 0. The van der Waals surface area contributed by atoms with Crippen LogP contribution < -0.4 is 27.7 Å². The van der Waals surface area contributed by atoms with Gasteiger partial charge in [-0.2, -0.15) is 4.98 Å². The average molecular weight is 386 g/mol. The van der Waals surface area contributed by atoms with Crippen molar-refractivity contribution < 1.29 is 24.9 Å². The van der Waals surface area contributed by atoms with E-state index in [-0.39, 0.29) is 44.1 Å². The number of hydrogen-bond acceptors (Lipinski definition) is 10. The van der Waals surface area contributed by atoms with Crippen LogP contribution in [0.3, 0.4) is 0 Å². The van der Waals surface area contributed by atoms with Crippen LogP contribution in [0, 0.1) is 0 Å². The van der Waals surface area contributed by atoms with Crippen molar-refractivity contribution in [2.24, 2.45) is 11.5 Å². The minimum Gasteiger partial charge on any atom is -0.394 e. The number of hydrogen-bond donors (Lipinski definition) is 7. The maximum absolute atomic E-state index is 12.3. The molecule has 1 aromatic rings. The maximum atomic E-state index is 12.3. The molecule has 2 rings (SSSR count). The van der Waals surface area contributed by atoms with E-state index in [0.29, 0.717) is 0 Å². The van der Waals surface area contributed by atoms with Crippen LogP contribution in [0.2, 0.25) is 0 Å². The molecular formula is C15H26N6O6. The van der Waals surface area contributed by atoms with Gasteiger partial charge in [0.2, 0.25) is 11.9 Å². The van der Waals surface area contributed by atoms with Gasteiger partial charge >= 0.3 is 0 Å². The fraction of sp³-hybridized carbons (Fsp3) is 0.667. The predicted molar refractivity (Wildman–Crippen MR) is 94.8 cm³/mol. The molecule has 0 aliphatic carbocycles. The topological polar surface area (TPSA) is 198 Å². The van der Waals surface area contributed by atoms with Crippen LogP contribution in [0.1, 0.15) is 11.8 Å². The molecule has 0 bridgehead atoms. The van der Waals surface area contributed by atoms with Crippen LogP contribution >= 0.6 is 0 Å². The third kappa shape index (κ3) is 5.00. The average Bonchev–Trinajstić information content (AvgIpc) is 2.94. The maximum Gasteiger partial charge on any atom is 0.278 e. The summed E-state index contributed by atoms with van der Waals surface area (Å²) in [5, 5.41) is 34.9. The highest BCUT2D eigenvalue weighted by Gasteiger charge is 2.44. The van der Waals surface area contributed by atoms with E-state index in [2.05, 4.69) is 15.6 Å². The van der Waals surface area contributed by atoms with Crippen LogP contribution in [-0.4, -0.2) is 81.9 Å². The molecule has 1 aliphatic heterocycles. The largest absolute Gasteiger partial charge is 0.394 e. The number of aromatic nitrogens is 2. The molecule has 1 aliphatic rings. The number of aliphatic hydroxyl groups is 3. The zero-order valence-electron chi connectivity index (χ0n) is 14.7. The van der Waals surface area contributed by atoms with Crippen LogP contribution in [0.15, 0.2) is 11.0 Å². The van der Waals surface area contributed by atoms with Gasteiger partial charge in [0.25, 0.3) is 5.56 Å². The van der Waals surface area contributed by atoms with Gasteiger partial charge < -0.3 is 42.2 Å². The summed E-state index contributed by atoms with van der Waals surface area (Å²) in [5.74, 6) is -0.346. The Morgan fingerprint density at radius 3 is 2.56 bits per heavy atom. The molecular weight excluding hydrogens is 360 g/mol. The fourth-order valence-corrected chi connectivity index (χ4v) is 2.70. The second-order valence-corrected chi connectivity index (χ2v) is 6.06. The van der Waals surface area contributed by atoms with Gasteiger partial charge in [0.15, 0.2) is 6.23 Å². The number of nitrogens with zero attached hydrogens (tertiary/aromatic N) is 2. The Morgan fingerprint density at radius 1 is 1.26 bits per heavy atom. The van der Waals surface area contributed by atoms with Crippen molar-refractivity contribution in [1.82, 2.24) is 14.9 Å². The third-order valence-corrected chi connectivity index (χ3v) is 4.06. The summed E-state index contributed by atoms with van der Waals surface area (Å²) in [6.07, 6.45) is -3.71. The zero-order chi connectivity index (χ0) is 20.0. The number of carbonyl (C=O) groups excluding carboxylic acids is 1. The monoisotopic (exact) mass is 386 g/mol. The van der Waals surface area contributed by atoms with E-state index in [1.807, 2.05) is 0 Å². The molecule has 0 saturated carbocycles. The van der Waals surface area contributed by atoms with E-state index in [1.165, 1.54) is 10.8 Å². The molecule has 27 heavy (non-hydrogen) atoms. The number of aliphatic hydroxyl groups excluding tert-OH is 3. The van der Waals surface area contributed by atoms with Gasteiger partial charge in [-0.3, -0.25) is 14.2 Å². The van der Waals surface area contributed by atoms with Crippen molar-refractivity contribution in [3.63, 3.8) is 0 Å². The lowest BCUT2D eigenvalue weighted by Gasteiger charge is -2.22. The SMILES string of the molecule is NCCNC(=O)Cc1cn([C@@H]2O[C@H](CO)[C@@H](O)[C@@H]2O)c(NCCN)nc1=O. The van der Waals surface area contributed by atoms with E-state index in [0.717, 1.165) is 0 Å². The van der Waals surface area contributed by atoms with E-state index in [9.17, 15) is 24.9 Å². The number of nitrogens with one attached hydrogen (secondary N) is 2. The van der Waals surface area contributed by atoms with Gasteiger partial charge in [0.05, 0.1) is 13.0 Å². The standard InChI is InChI=1S/C15H26N6O6/c16-1-3-18-10(23)5-8-6-21(15(19-4-2-17)20-13(8)26)14-12(25)11(24)9(7-22)27-14/h6,9,11-12,14,22,24-25H,1-5,7,16-17H2,(H,18,23)(H,19,20,26)/t9-,11-,12+,14-/m1/s1. The zero-order valence-corrected chi connectivity index (χ0v) is 14.7. The van der Waals surface area contributed by atoms with E-state index >= 15 is 0 Å². The minimum atomic E-state index is -1.37. The fourth-order valence-electron chi connectivity index (χ4n) is 2.70. The van der Waals surface area contributed by atoms with Crippen molar-refractivity contribution in [1.29, 1.82) is 0 Å². The highest BCUT2D eigenvalue weighted by molar-refractivity contribution is 5.78. The van der Waals surface area contributed by atoms with Crippen molar-refractivity contribution >= 4 is 11.9 Å². The summed E-state index contributed by atoms with van der Waals surface area (Å²) in [4.78, 5) is 28.1. The number of amides is 1. The summed E-state index contributed by atoms with van der Waals surface area (Å²) in [7, 11) is 0. The van der Waals surface area contributed by atoms with E-state index in [4.69, 9.17) is 16.2 Å². The predicted octanol–water partition coefficient (Wildman–Crippen LogP) is -4.16. The first-order chi connectivity index (χ1) is 12.9. The molecule has 4 atom stereocenters. The lowest BCUT2D eigenvalue weighted by Crippen LogP contribution is -2.35. The van der Waals surface area contributed by atoms with Crippen LogP contribution in [0.5, 0.6) is 0 Å². The lowest BCUT2D eigenvalue weighted by molar-refractivity contribution is -0.120. The van der Waals surface area contributed by atoms with Crippen molar-refractivity contribution in [3.8, 4) is 0 Å². The number of ether oxygens (including phenoxy) is 1. The molecule has 1 aromatic heterocycles. The quantitative estimate of drug-likeness (QED) is 0.218. The minimum absolute atomic E-state index is 0.0615. The molecule has 0 unspecified atom stereocenters. The molecule has 0 spiro atoms. The van der Waals surface area contributed by atoms with Gasteiger partial charge in [-0.1, -0.05) is 0 Å². The van der Waals surface area contributed by atoms with Crippen LogP contribution in [-0.2, 0) is 16.0 Å². The number of rotatable bonds is 9. The van der Waals surface area contributed by atoms with Gasteiger partial charge in [-0.25, -0.2) is 0 Å². The van der Waals surface area contributed by atoms with Crippen molar-refractivity contribution in [2.75, 3.05) is 38.1 Å². The molecule has 152 valence electrons. The third-order valence-electron chi connectivity index (χ3n) is 4.06. The molecule has 1 saturated heterocycles. The highest BCUT2D eigenvalue weighted by atomic mass is 16.6.